The summed E-state index contributed by atoms with van der Waals surface area (Å²) in [6.45, 7) is 5.30. The van der Waals surface area contributed by atoms with Crippen LogP contribution in [0.3, 0.4) is 0 Å². The molecule has 1 heterocycles. The lowest BCUT2D eigenvalue weighted by molar-refractivity contribution is 0.208. The van der Waals surface area contributed by atoms with Gasteiger partial charge in [0.05, 0.1) is 6.20 Å². The van der Waals surface area contributed by atoms with E-state index in [1.165, 1.54) is 24.9 Å². The summed E-state index contributed by atoms with van der Waals surface area (Å²) in [5, 5.41) is 4.30. The van der Waals surface area contributed by atoms with Crippen LogP contribution in [0.2, 0.25) is 0 Å². The Bertz CT molecular complexity index is 331. The maximum atomic E-state index is 4.30. The molecule has 1 saturated carbocycles. The van der Waals surface area contributed by atoms with Crippen molar-refractivity contribution in [2.45, 2.75) is 37.7 Å². The quantitative estimate of drug-likeness (QED) is 0.776. The van der Waals surface area contributed by atoms with Crippen LogP contribution in [0.1, 0.15) is 25.3 Å². The van der Waals surface area contributed by atoms with E-state index < -0.39 is 0 Å². The molecule has 16 heavy (non-hydrogen) atoms. The molecule has 90 valence electrons. The summed E-state index contributed by atoms with van der Waals surface area (Å²) in [6.07, 6.45) is 6.79. The molecule has 1 fully saturated rings. The number of rotatable bonds is 5. The van der Waals surface area contributed by atoms with Crippen molar-refractivity contribution in [3.8, 4) is 0 Å². The lowest BCUT2D eigenvalue weighted by atomic mass is 9.85. The minimum Gasteiger partial charge on any atom is -0.302 e. The van der Waals surface area contributed by atoms with E-state index in [1.54, 1.807) is 0 Å². The van der Waals surface area contributed by atoms with Crippen LogP contribution >= 0.6 is 15.9 Å². The molecule has 1 aliphatic carbocycles. The summed E-state index contributed by atoms with van der Waals surface area (Å²) in [7, 11) is 2.20. The molecule has 2 rings (SSSR count). The van der Waals surface area contributed by atoms with Crippen molar-refractivity contribution in [3.05, 3.63) is 18.0 Å². The Kier molecular flexibility index (Phi) is 4.03. The second kappa shape index (κ2) is 5.32. The smallest absolute Gasteiger partial charge is 0.0534 e. The first-order valence-corrected chi connectivity index (χ1v) is 6.93. The molecule has 1 aromatic heterocycles. The van der Waals surface area contributed by atoms with Crippen LogP contribution in [-0.4, -0.2) is 33.1 Å². The van der Waals surface area contributed by atoms with Crippen molar-refractivity contribution in [2.24, 2.45) is 5.92 Å². The average Bonchev–Trinajstić information content (AvgIpc) is 2.63. The normalized spacial score (nSPS) is 24.8. The summed E-state index contributed by atoms with van der Waals surface area (Å²) < 4.78 is 1.99. The van der Waals surface area contributed by atoms with Gasteiger partial charge in [0.1, 0.15) is 0 Å². The molecule has 3 nitrogen and oxygen atoms in total. The largest absolute Gasteiger partial charge is 0.302 e. The Morgan fingerprint density at radius 3 is 2.88 bits per heavy atom. The first-order valence-electron chi connectivity index (χ1n) is 6.01. The van der Waals surface area contributed by atoms with Crippen LogP contribution in [-0.2, 0) is 13.1 Å². The molecular weight excluding hydrogens is 266 g/mol. The van der Waals surface area contributed by atoms with Gasteiger partial charge < -0.3 is 4.90 Å². The molecule has 0 aliphatic heterocycles. The van der Waals surface area contributed by atoms with E-state index in [1.807, 2.05) is 10.9 Å². The fourth-order valence-electron chi connectivity index (χ4n) is 2.28. The van der Waals surface area contributed by atoms with E-state index in [2.05, 4.69) is 46.1 Å². The minimum absolute atomic E-state index is 0.772. The Labute approximate surface area is 106 Å². The Hall–Kier alpha value is -0.350. The second-order valence-electron chi connectivity index (χ2n) is 4.84. The monoisotopic (exact) mass is 285 g/mol. The van der Waals surface area contributed by atoms with Crippen LogP contribution in [0.25, 0.3) is 0 Å². The number of aromatic nitrogens is 2. The lowest BCUT2D eigenvalue weighted by Gasteiger charge is -2.34. The molecule has 0 unspecified atom stereocenters. The zero-order valence-electron chi connectivity index (χ0n) is 10.1. The van der Waals surface area contributed by atoms with Crippen molar-refractivity contribution in [1.82, 2.24) is 14.7 Å². The molecule has 1 aliphatic rings. The molecule has 0 aromatic carbocycles. The standard InChI is InChI=1S/C12H20BrN3/c1-3-16-9-11(6-14-16)8-15(2)7-10-4-12(13)5-10/h6,9-10,12H,3-5,7-8H2,1-2H3. The van der Waals surface area contributed by atoms with Gasteiger partial charge in [-0.05, 0) is 32.7 Å². The predicted octanol–water partition coefficient (Wildman–Crippen LogP) is 2.51. The van der Waals surface area contributed by atoms with Gasteiger partial charge in [-0.3, -0.25) is 4.68 Å². The van der Waals surface area contributed by atoms with Gasteiger partial charge >= 0.3 is 0 Å². The highest BCUT2D eigenvalue weighted by atomic mass is 79.9. The number of halogens is 1. The van der Waals surface area contributed by atoms with E-state index >= 15 is 0 Å². The van der Waals surface area contributed by atoms with Crippen LogP contribution in [0.15, 0.2) is 12.4 Å². The predicted molar refractivity (Wildman–Crippen MR) is 69.7 cm³/mol. The number of hydrogen-bond donors (Lipinski definition) is 0. The molecule has 0 saturated heterocycles. The molecule has 0 spiro atoms. The fourth-order valence-corrected chi connectivity index (χ4v) is 3.34. The third-order valence-corrected chi connectivity index (χ3v) is 3.96. The maximum Gasteiger partial charge on any atom is 0.0534 e. The van der Waals surface area contributed by atoms with Gasteiger partial charge in [0.25, 0.3) is 0 Å². The fraction of sp³-hybridized carbons (Fsp3) is 0.750. The van der Waals surface area contributed by atoms with Gasteiger partial charge in [-0.15, -0.1) is 0 Å². The maximum absolute atomic E-state index is 4.30. The summed E-state index contributed by atoms with van der Waals surface area (Å²) >= 11 is 3.64. The van der Waals surface area contributed by atoms with E-state index in [9.17, 15) is 0 Å². The molecule has 0 amide bonds. The summed E-state index contributed by atoms with van der Waals surface area (Å²) in [5.74, 6) is 0.885. The Morgan fingerprint density at radius 1 is 1.56 bits per heavy atom. The first kappa shape index (κ1) is 12.1. The van der Waals surface area contributed by atoms with Crippen molar-refractivity contribution in [1.29, 1.82) is 0 Å². The third kappa shape index (κ3) is 3.08. The van der Waals surface area contributed by atoms with Gasteiger partial charge in [0.2, 0.25) is 0 Å². The highest BCUT2D eigenvalue weighted by Gasteiger charge is 2.27. The summed E-state index contributed by atoms with van der Waals surface area (Å²) in [5.41, 5.74) is 1.32. The summed E-state index contributed by atoms with van der Waals surface area (Å²) in [4.78, 5) is 3.18. The van der Waals surface area contributed by atoms with Gasteiger partial charge in [-0.25, -0.2) is 0 Å². The molecule has 4 heteroatoms. The van der Waals surface area contributed by atoms with Gasteiger partial charge in [0.15, 0.2) is 0 Å². The number of aryl methyl sites for hydroxylation is 1. The lowest BCUT2D eigenvalue weighted by Crippen LogP contribution is -2.34. The van der Waals surface area contributed by atoms with Crippen molar-refractivity contribution in [2.75, 3.05) is 13.6 Å². The molecule has 0 bridgehead atoms. The number of nitrogens with zero attached hydrogens (tertiary/aromatic N) is 3. The Morgan fingerprint density at radius 2 is 2.31 bits per heavy atom. The molecule has 1 aromatic rings. The summed E-state index contributed by atoms with van der Waals surface area (Å²) in [6, 6.07) is 0. The molecular formula is C12H20BrN3. The molecule has 0 atom stereocenters. The van der Waals surface area contributed by atoms with Crippen LogP contribution in [0.4, 0.5) is 0 Å². The molecule has 0 N–H and O–H groups in total. The van der Waals surface area contributed by atoms with E-state index in [-0.39, 0.29) is 0 Å². The van der Waals surface area contributed by atoms with Crippen molar-refractivity contribution < 1.29 is 0 Å². The van der Waals surface area contributed by atoms with Crippen LogP contribution in [0, 0.1) is 5.92 Å². The number of alkyl halides is 1. The van der Waals surface area contributed by atoms with Gasteiger partial charge in [-0.2, -0.15) is 5.10 Å². The van der Waals surface area contributed by atoms with E-state index in [0.29, 0.717) is 0 Å². The number of hydrogen-bond acceptors (Lipinski definition) is 2. The van der Waals surface area contributed by atoms with E-state index in [0.717, 1.165) is 23.8 Å². The van der Waals surface area contributed by atoms with Crippen molar-refractivity contribution in [3.63, 3.8) is 0 Å². The van der Waals surface area contributed by atoms with Gasteiger partial charge in [0, 0.05) is 36.2 Å². The zero-order valence-corrected chi connectivity index (χ0v) is 11.7. The SMILES string of the molecule is CCn1cc(CN(C)CC2CC(Br)C2)cn1. The average molecular weight is 286 g/mol. The van der Waals surface area contributed by atoms with Crippen LogP contribution in [0.5, 0.6) is 0 Å². The van der Waals surface area contributed by atoms with Crippen molar-refractivity contribution >= 4 is 15.9 Å². The highest BCUT2D eigenvalue weighted by Crippen LogP contribution is 2.33. The highest BCUT2D eigenvalue weighted by molar-refractivity contribution is 9.09. The molecule has 0 radical (unpaired) electrons. The zero-order chi connectivity index (χ0) is 11.5. The van der Waals surface area contributed by atoms with Crippen LogP contribution < -0.4 is 0 Å². The third-order valence-electron chi connectivity index (χ3n) is 3.21. The topological polar surface area (TPSA) is 21.1 Å². The van der Waals surface area contributed by atoms with Gasteiger partial charge in [-0.1, -0.05) is 15.9 Å². The minimum atomic E-state index is 0.772. The second-order valence-corrected chi connectivity index (χ2v) is 6.13. The first-order chi connectivity index (χ1) is 7.67. The van der Waals surface area contributed by atoms with E-state index in [4.69, 9.17) is 0 Å². The Balaban J connectivity index is 1.76.